The molecule has 21 heavy (non-hydrogen) atoms. The Labute approximate surface area is 126 Å². The van der Waals surface area contributed by atoms with E-state index < -0.39 is 0 Å². The van der Waals surface area contributed by atoms with Crippen molar-refractivity contribution in [1.82, 2.24) is 4.90 Å². The summed E-state index contributed by atoms with van der Waals surface area (Å²) in [5.41, 5.74) is 7.91. The quantitative estimate of drug-likeness (QED) is 0.929. The number of nitrogens with two attached hydrogens (primary N) is 1. The lowest BCUT2D eigenvalue weighted by atomic mass is 9.90. The molecular formula is C17H24N2O2. The van der Waals surface area contributed by atoms with Crippen LogP contribution >= 0.6 is 0 Å². The number of carbonyl (C=O) groups is 1. The highest BCUT2D eigenvalue weighted by Gasteiger charge is 2.28. The number of ether oxygens (including phenoxy) is 1. The van der Waals surface area contributed by atoms with Gasteiger partial charge in [0.25, 0.3) is 5.91 Å². The zero-order chi connectivity index (χ0) is 14.8. The highest BCUT2D eigenvalue weighted by molar-refractivity contribution is 5.95. The zero-order valence-corrected chi connectivity index (χ0v) is 12.7. The summed E-state index contributed by atoms with van der Waals surface area (Å²) >= 11 is 0. The summed E-state index contributed by atoms with van der Waals surface area (Å²) in [6, 6.07) is 6.48. The Morgan fingerprint density at radius 1 is 1.33 bits per heavy atom. The molecule has 0 saturated heterocycles. The van der Waals surface area contributed by atoms with Gasteiger partial charge in [-0.2, -0.15) is 0 Å². The summed E-state index contributed by atoms with van der Waals surface area (Å²) in [5.74, 6) is 1.07. The van der Waals surface area contributed by atoms with Crippen molar-refractivity contribution < 1.29 is 9.53 Å². The molecule has 1 aromatic carbocycles. The molecule has 4 heteroatoms. The van der Waals surface area contributed by atoms with Crippen LogP contribution in [0.1, 0.15) is 48.5 Å². The highest BCUT2D eigenvalue weighted by atomic mass is 16.5. The van der Waals surface area contributed by atoms with Gasteiger partial charge in [0.05, 0.1) is 6.61 Å². The first-order chi connectivity index (χ1) is 10.2. The van der Waals surface area contributed by atoms with E-state index in [1.165, 1.54) is 0 Å². The Morgan fingerprint density at radius 2 is 2.10 bits per heavy atom. The van der Waals surface area contributed by atoms with Crippen LogP contribution in [0.2, 0.25) is 0 Å². The molecule has 2 N–H and O–H groups in total. The molecule has 0 radical (unpaired) electrons. The third-order valence-corrected chi connectivity index (χ3v) is 4.72. The molecule has 114 valence electrons. The maximum atomic E-state index is 12.8. The average molecular weight is 288 g/mol. The summed E-state index contributed by atoms with van der Waals surface area (Å²) in [4.78, 5) is 14.8. The van der Waals surface area contributed by atoms with E-state index in [1.807, 2.05) is 23.1 Å². The number of rotatable bonds is 3. The van der Waals surface area contributed by atoms with E-state index in [1.54, 1.807) is 0 Å². The molecule has 4 nitrogen and oxygen atoms in total. The Balaban J connectivity index is 1.76. The SMILES string of the molecule is CCN(C(=O)c1ccc2c(c1)CCO2)C1CCC(N)CC1. The molecule has 0 aromatic heterocycles. The topological polar surface area (TPSA) is 55.6 Å². The van der Waals surface area contributed by atoms with E-state index in [9.17, 15) is 4.79 Å². The molecule has 1 aliphatic carbocycles. The third kappa shape index (κ3) is 2.91. The second-order valence-electron chi connectivity index (χ2n) is 6.08. The van der Waals surface area contributed by atoms with Crippen molar-refractivity contribution in [3.63, 3.8) is 0 Å². The highest BCUT2D eigenvalue weighted by Crippen LogP contribution is 2.28. The Bertz CT molecular complexity index is 522. The number of benzene rings is 1. The van der Waals surface area contributed by atoms with Gasteiger partial charge in [-0.3, -0.25) is 4.79 Å². The molecule has 0 unspecified atom stereocenters. The van der Waals surface area contributed by atoms with Crippen LogP contribution in [0.15, 0.2) is 18.2 Å². The molecule has 2 aliphatic rings. The molecule has 1 aromatic rings. The molecular weight excluding hydrogens is 264 g/mol. The lowest BCUT2D eigenvalue weighted by Gasteiger charge is -2.35. The lowest BCUT2D eigenvalue weighted by Crippen LogP contribution is -2.44. The van der Waals surface area contributed by atoms with Gasteiger partial charge in [0.2, 0.25) is 0 Å². The van der Waals surface area contributed by atoms with Crippen LogP contribution in [-0.4, -0.2) is 36.0 Å². The van der Waals surface area contributed by atoms with Gasteiger partial charge in [-0.15, -0.1) is 0 Å². The van der Waals surface area contributed by atoms with Crippen LogP contribution in [0.4, 0.5) is 0 Å². The first-order valence-electron chi connectivity index (χ1n) is 8.01. The van der Waals surface area contributed by atoms with Crippen molar-refractivity contribution in [1.29, 1.82) is 0 Å². The monoisotopic (exact) mass is 288 g/mol. The minimum Gasteiger partial charge on any atom is -0.493 e. The van der Waals surface area contributed by atoms with Crippen molar-refractivity contribution in [2.75, 3.05) is 13.2 Å². The number of hydrogen-bond acceptors (Lipinski definition) is 3. The summed E-state index contributed by atoms with van der Waals surface area (Å²) in [6.45, 7) is 3.54. The fourth-order valence-corrected chi connectivity index (χ4v) is 3.47. The average Bonchev–Trinajstić information content (AvgIpc) is 2.97. The summed E-state index contributed by atoms with van der Waals surface area (Å²) < 4.78 is 5.51. The van der Waals surface area contributed by atoms with Crippen molar-refractivity contribution in [3.05, 3.63) is 29.3 Å². The minimum absolute atomic E-state index is 0.146. The fourth-order valence-electron chi connectivity index (χ4n) is 3.47. The summed E-state index contributed by atoms with van der Waals surface area (Å²) in [5, 5.41) is 0. The van der Waals surface area contributed by atoms with Gasteiger partial charge in [-0.25, -0.2) is 0 Å². The molecule has 1 heterocycles. The van der Waals surface area contributed by atoms with Crippen molar-refractivity contribution in [2.45, 2.75) is 51.1 Å². The van der Waals surface area contributed by atoms with E-state index >= 15 is 0 Å². The van der Waals surface area contributed by atoms with Crippen LogP contribution in [0.3, 0.4) is 0 Å². The minimum atomic E-state index is 0.146. The first kappa shape index (κ1) is 14.4. The van der Waals surface area contributed by atoms with Gasteiger partial charge >= 0.3 is 0 Å². The van der Waals surface area contributed by atoms with Gasteiger partial charge in [0.15, 0.2) is 0 Å². The second kappa shape index (κ2) is 6.06. The molecule has 0 bridgehead atoms. The van der Waals surface area contributed by atoms with Crippen LogP contribution in [0.25, 0.3) is 0 Å². The number of hydrogen-bond donors (Lipinski definition) is 1. The van der Waals surface area contributed by atoms with Gasteiger partial charge < -0.3 is 15.4 Å². The lowest BCUT2D eigenvalue weighted by molar-refractivity contribution is 0.0640. The van der Waals surface area contributed by atoms with E-state index in [2.05, 4.69) is 6.92 Å². The van der Waals surface area contributed by atoms with E-state index in [0.717, 1.165) is 62.1 Å². The molecule has 1 aliphatic heterocycles. The fraction of sp³-hybridized carbons (Fsp3) is 0.588. The number of fused-ring (bicyclic) bond motifs is 1. The number of amides is 1. The number of nitrogens with zero attached hydrogens (tertiary/aromatic N) is 1. The summed E-state index contributed by atoms with van der Waals surface area (Å²) in [7, 11) is 0. The maximum Gasteiger partial charge on any atom is 0.254 e. The zero-order valence-electron chi connectivity index (χ0n) is 12.7. The molecule has 1 fully saturated rings. The smallest absolute Gasteiger partial charge is 0.254 e. The molecule has 1 saturated carbocycles. The predicted octanol–water partition coefficient (Wildman–Crippen LogP) is 2.35. The van der Waals surface area contributed by atoms with E-state index in [4.69, 9.17) is 10.5 Å². The Kier molecular flexibility index (Phi) is 4.15. The number of carbonyl (C=O) groups excluding carboxylic acids is 1. The maximum absolute atomic E-state index is 12.8. The van der Waals surface area contributed by atoms with Crippen molar-refractivity contribution >= 4 is 5.91 Å². The van der Waals surface area contributed by atoms with Gasteiger partial charge in [0.1, 0.15) is 5.75 Å². The van der Waals surface area contributed by atoms with Gasteiger partial charge in [-0.1, -0.05) is 0 Å². The molecule has 3 rings (SSSR count). The molecule has 1 amide bonds. The third-order valence-electron chi connectivity index (χ3n) is 4.72. The normalized spacial score (nSPS) is 24.3. The molecule has 0 atom stereocenters. The largest absolute Gasteiger partial charge is 0.493 e. The van der Waals surface area contributed by atoms with Crippen molar-refractivity contribution in [2.24, 2.45) is 5.73 Å². The first-order valence-corrected chi connectivity index (χ1v) is 8.01. The van der Waals surface area contributed by atoms with E-state index in [-0.39, 0.29) is 5.91 Å². The van der Waals surface area contributed by atoms with Crippen LogP contribution in [0, 0.1) is 0 Å². The standard InChI is InChI=1S/C17H24N2O2/c1-2-19(15-6-4-14(18)5-7-15)17(20)13-3-8-16-12(11-13)9-10-21-16/h3,8,11,14-15H,2,4-7,9-10,18H2,1H3. The molecule has 0 spiro atoms. The van der Waals surface area contributed by atoms with E-state index in [0.29, 0.717) is 12.1 Å². The predicted molar refractivity (Wildman–Crippen MR) is 82.6 cm³/mol. The van der Waals surface area contributed by atoms with Crippen LogP contribution in [0.5, 0.6) is 5.75 Å². The Hall–Kier alpha value is -1.55. The van der Waals surface area contributed by atoms with Crippen LogP contribution in [-0.2, 0) is 6.42 Å². The summed E-state index contributed by atoms with van der Waals surface area (Å²) in [6.07, 6.45) is 4.99. The van der Waals surface area contributed by atoms with Gasteiger partial charge in [-0.05, 0) is 56.4 Å². The Morgan fingerprint density at radius 3 is 2.81 bits per heavy atom. The van der Waals surface area contributed by atoms with Crippen molar-refractivity contribution in [3.8, 4) is 5.75 Å². The van der Waals surface area contributed by atoms with Gasteiger partial charge in [0, 0.05) is 30.6 Å². The second-order valence-corrected chi connectivity index (χ2v) is 6.08. The van der Waals surface area contributed by atoms with Crippen LogP contribution < -0.4 is 10.5 Å².